The van der Waals surface area contributed by atoms with Crippen LogP contribution in [0.1, 0.15) is 64.0 Å². The van der Waals surface area contributed by atoms with E-state index >= 15 is 0 Å². The third-order valence-corrected chi connectivity index (χ3v) is 11.4. The normalized spacial score (nSPS) is 26.0. The van der Waals surface area contributed by atoms with Crippen molar-refractivity contribution in [3.05, 3.63) is 59.8 Å². The lowest BCUT2D eigenvalue weighted by atomic mass is 9.88. The molecule has 246 valence electrons. The van der Waals surface area contributed by atoms with Gasteiger partial charge in [0, 0.05) is 36.5 Å². The number of hydrogen-bond donors (Lipinski definition) is 5. The monoisotopic (exact) mass is 631 g/mol. The molecule has 5 N–H and O–H groups in total. The van der Waals surface area contributed by atoms with Crippen LogP contribution < -0.4 is 5.32 Å². The van der Waals surface area contributed by atoms with Gasteiger partial charge in [0.15, 0.2) is 11.5 Å². The van der Waals surface area contributed by atoms with Gasteiger partial charge in [-0.2, -0.15) is 0 Å². The Bertz CT molecular complexity index is 1630. The number of nitrogens with zero attached hydrogens (tertiary/aromatic N) is 1. The summed E-state index contributed by atoms with van der Waals surface area (Å²) in [6.45, 7) is 7.74. The third kappa shape index (κ3) is 5.83. The zero-order valence-electron chi connectivity index (χ0n) is 26.8. The second kappa shape index (κ2) is 12.3. The number of phenols is 2. The van der Waals surface area contributed by atoms with E-state index < -0.39 is 36.0 Å². The fraction of sp³-hybridized carbons (Fsp3) is 0.528. The van der Waals surface area contributed by atoms with Gasteiger partial charge in [-0.1, -0.05) is 45.0 Å². The number of aromatic hydroxyl groups is 2. The van der Waals surface area contributed by atoms with Gasteiger partial charge in [-0.25, -0.2) is 4.79 Å². The van der Waals surface area contributed by atoms with Gasteiger partial charge in [-0.3, -0.25) is 9.59 Å². The number of para-hydroxylation sites is 1. The highest BCUT2D eigenvalue weighted by Gasteiger charge is 2.72. The predicted molar refractivity (Wildman–Crippen MR) is 172 cm³/mol. The summed E-state index contributed by atoms with van der Waals surface area (Å²) in [6, 6.07) is 9.94. The van der Waals surface area contributed by atoms with E-state index in [2.05, 4.69) is 31.1 Å². The molecule has 6 unspecified atom stereocenters. The maximum absolute atomic E-state index is 14.1. The number of aromatic nitrogens is 1. The van der Waals surface area contributed by atoms with E-state index in [1.54, 1.807) is 6.20 Å². The van der Waals surface area contributed by atoms with Gasteiger partial charge in [0.05, 0.1) is 6.61 Å². The van der Waals surface area contributed by atoms with Gasteiger partial charge in [-0.05, 0) is 84.1 Å². The molecule has 0 radical (unpaired) electrons. The Labute approximate surface area is 269 Å². The minimum absolute atomic E-state index is 0.134. The number of hydrogen-bond acceptors (Lipinski definition) is 7. The predicted octanol–water partition coefficient (Wildman–Crippen LogP) is 4.21. The minimum Gasteiger partial charge on any atom is -0.504 e. The van der Waals surface area contributed by atoms with Crippen LogP contribution in [0.4, 0.5) is 0 Å². The third-order valence-electron chi connectivity index (χ3n) is 11.4. The molecular weight excluding hydrogens is 586 g/mol. The molecule has 0 spiro atoms. The highest BCUT2D eigenvalue weighted by Crippen LogP contribution is 2.78. The Morgan fingerprint density at radius 2 is 1.85 bits per heavy atom. The van der Waals surface area contributed by atoms with Crippen LogP contribution in [-0.2, 0) is 32.0 Å². The Morgan fingerprint density at radius 3 is 2.59 bits per heavy atom. The average Bonchev–Trinajstić information content (AvgIpc) is 3.60. The fourth-order valence-corrected chi connectivity index (χ4v) is 8.55. The number of ether oxygens (including phenoxy) is 1. The molecular formula is C36H45N3O7. The van der Waals surface area contributed by atoms with Crippen LogP contribution in [0.15, 0.2) is 48.7 Å². The van der Waals surface area contributed by atoms with Crippen LogP contribution in [-0.4, -0.2) is 74.3 Å². The molecule has 46 heavy (non-hydrogen) atoms. The molecule has 2 aliphatic carbocycles. The van der Waals surface area contributed by atoms with E-state index in [-0.39, 0.29) is 24.3 Å². The van der Waals surface area contributed by atoms with Gasteiger partial charge in [0.1, 0.15) is 18.2 Å². The van der Waals surface area contributed by atoms with Crippen LogP contribution in [0.2, 0.25) is 0 Å². The van der Waals surface area contributed by atoms with E-state index in [4.69, 9.17) is 4.74 Å². The number of esters is 1. The first-order valence-corrected chi connectivity index (χ1v) is 16.4. The Balaban J connectivity index is 1.13. The van der Waals surface area contributed by atoms with Crippen LogP contribution in [0, 0.1) is 22.7 Å². The number of aliphatic hydroxyl groups excluding tert-OH is 1. The molecule has 0 bridgehead atoms. The van der Waals surface area contributed by atoms with Crippen molar-refractivity contribution < 1.29 is 34.4 Å². The minimum atomic E-state index is -1.52. The summed E-state index contributed by atoms with van der Waals surface area (Å²) < 4.78 is 5.78. The number of amides is 2. The van der Waals surface area contributed by atoms with Gasteiger partial charge in [-0.15, -0.1) is 0 Å². The number of rotatable bonds is 11. The summed E-state index contributed by atoms with van der Waals surface area (Å²) >= 11 is 0. The lowest BCUT2D eigenvalue weighted by molar-refractivity contribution is -0.154. The van der Waals surface area contributed by atoms with E-state index in [1.807, 2.05) is 24.3 Å². The van der Waals surface area contributed by atoms with E-state index in [1.165, 1.54) is 29.5 Å². The van der Waals surface area contributed by atoms with Crippen molar-refractivity contribution in [2.75, 3.05) is 13.2 Å². The standard InChI is InChI=1S/C36H45N3O7/c1-35(2)31-22(12-14-36(31,35)3)13-16-46-34(45)27-9-6-15-39(27)33(44)26(19-23-20-37-25-8-5-4-7-24(23)25)38-32(43)30(42)18-21-10-11-28(40)29(41)17-21/h4-5,7-8,10-11,17,20,22,26-27,30-31,37,40-42H,6,9,12-16,18-19H2,1-3H3,(H,38,43). The summed E-state index contributed by atoms with van der Waals surface area (Å²) in [6.07, 6.45) is 4.63. The number of H-pyrrole nitrogens is 1. The number of phenolic OH excluding ortho intramolecular Hbond substituents is 2. The molecule has 2 amide bonds. The number of aliphatic hydroxyl groups is 1. The van der Waals surface area contributed by atoms with Crippen molar-refractivity contribution in [2.24, 2.45) is 22.7 Å². The average molecular weight is 632 g/mol. The van der Waals surface area contributed by atoms with Crippen molar-refractivity contribution in [3.63, 3.8) is 0 Å². The summed E-state index contributed by atoms with van der Waals surface area (Å²) in [7, 11) is 0. The van der Waals surface area contributed by atoms with E-state index in [0.717, 1.165) is 29.3 Å². The Morgan fingerprint density at radius 1 is 1.07 bits per heavy atom. The van der Waals surface area contributed by atoms with Gasteiger partial charge >= 0.3 is 5.97 Å². The highest BCUT2D eigenvalue weighted by molar-refractivity contribution is 5.93. The van der Waals surface area contributed by atoms with Crippen LogP contribution >= 0.6 is 0 Å². The first kappa shape index (κ1) is 31.9. The van der Waals surface area contributed by atoms with Crippen LogP contribution in [0.25, 0.3) is 10.9 Å². The number of carbonyl (C=O) groups excluding carboxylic acids is 3. The molecule has 3 aromatic rings. The molecule has 2 aromatic carbocycles. The van der Waals surface area contributed by atoms with Crippen molar-refractivity contribution >= 4 is 28.7 Å². The van der Waals surface area contributed by atoms with E-state index in [0.29, 0.717) is 54.2 Å². The number of carbonyl (C=O) groups is 3. The number of aromatic amines is 1. The number of benzene rings is 2. The lowest BCUT2D eigenvalue weighted by Crippen LogP contribution is -2.54. The second-order valence-corrected chi connectivity index (χ2v) is 14.2. The topological polar surface area (TPSA) is 152 Å². The molecule has 1 aromatic heterocycles. The Hall–Kier alpha value is -4.05. The van der Waals surface area contributed by atoms with Crippen molar-refractivity contribution in [2.45, 2.75) is 83.9 Å². The first-order valence-electron chi connectivity index (χ1n) is 16.4. The molecule has 10 heteroatoms. The summed E-state index contributed by atoms with van der Waals surface area (Å²) in [5.74, 6) is -1.03. The van der Waals surface area contributed by atoms with E-state index in [9.17, 15) is 29.7 Å². The highest BCUT2D eigenvalue weighted by atomic mass is 16.5. The zero-order chi connectivity index (χ0) is 32.8. The zero-order valence-corrected chi connectivity index (χ0v) is 26.8. The fourth-order valence-electron chi connectivity index (χ4n) is 8.55. The molecule has 1 saturated heterocycles. The summed E-state index contributed by atoms with van der Waals surface area (Å²) in [4.78, 5) is 45.4. The van der Waals surface area contributed by atoms with Crippen molar-refractivity contribution in [3.8, 4) is 11.5 Å². The summed E-state index contributed by atoms with van der Waals surface area (Å²) in [5, 5.41) is 33.8. The summed E-state index contributed by atoms with van der Waals surface area (Å²) in [5.41, 5.74) is 2.87. The Kier molecular flexibility index (Phi) is 8.52. The smallest absolute Gasteiger partial charge is 0.328 e. The van der Waals surface area contributed by atoms with Gasteiger partial charge in [0.2, 0.25) is 11.8 Å². The van der Waals surface area contributed by atoms with Crippen molar-refractivity contribution in [1.82, 2.24) is 15.2 Å². The first-order chi connectivity index (χ1) is 21.9. The molecule has 6 atom stereocenters. The van der Waals surface area contributed by atoms with Crippen LogP contribution in [0.3, 0.4) is 0 Å². The maximum Gasteiger partial charge on any atom is 0.328 e. The maximum atomic E-state index is 14.1. The number of fused-ring (bicyclic) bond motifs is 2. The molecule has 1 aliphatic heterocycles. The quantitative estimate of drug-likeness (QED) is 0.157. The SMILES string of the molecule is CC1(C)C2C(CCOC(=O)C3CCCN3C(=O)C(Cc3c[nH]c4ccccc34)NC(=O)C(O)Cc3ccc(O)c(O)c3)CCC21C. The molecule has 2 saturated carbocycles. The second-order valence-electron chi connectivity index (χ2n) is 14.2. The largest absolute Gasteiger partial charge is 0.504 e. The molecule has 3 fully saturated rings. The van der Waals surface area contributed by atoms with Gasteiger partial charge < -0.3 is 35.3 Å². The molecule has 10 nitrogen and oxygen atoms in total. The lowest BCUT2D eigenvalue weighted by Gasteiger charge is -2.29. The van der Waals surface area contributed by atoms with Crippen molar-refractivity contribution in [1.29, 1.82) is 0 Å². The molecule has 3 aliphatic rings. The number of likely N-dealkylation sites (tertiary alicyclic amines) is 1. The number of nitrogens with one attached hydrogen (secondary N) is 2. The van der Waals surface area contributed by atoms with Gasteiger partial charge in [0.25, 0.3) is 0 Å². The molecule has 6 rings (SSSR count). The van der Waals surface area contributed by atoms with Crippen LogP contribution in [0.5, 0.6) is 11.5 Å². The molecule has 2 heterocycles.